The number of carbonyl (C=O) groups excluding carboxylic acids is 1. The van der Waals surface area contributed by atoms with E-state index in [1.807, 2.05) is 0 Å². The van der Waals surface area contributed by atoms with E-state index in [-0.39, 0.29) is 6.03 Å². The molecule has 75 valence electrons. The molecule has 2 N–H and O–H groups in total. The quantitative estimate of drug-likeness (QED) is 0.685. The van der Waals surface area contributed by atoms with Crippen molar-refractivity contribution in [3.63, 3.8) is 0 Å². The normalized spacial score (nSPS) is 19.0. The molecule has 4 heteroatoms. The summed E-state index contributed by atoms with van der Waals surface area (Å²) in [5.41, 5.74) is 5.17. The lowest BCUT2D eigenvalue weighted by Crippen LogP contribution is -2.50. The summed E-state index contributed by atoms with van der Waals surface area (Å²) in [5.74, 6) is 0. The molecule has 0 saturated carbocycles. The molecule has 1 radical (unpaired) electrons. The number of hydrogen-bond acceptors (Lipinski definition) is 2. The minimum absolute atomic E-state index is 0.295. The summed E-state index contributed by atoms with van der Waals surface area (Å²) >= 11 is 0. The highest BCUT2D eigenvalue weighted by Crippen LogP contribution is 2.02. The molecule has 1 aliphatic heterocycles. The van der Waals surface area contributed by atoms with Crippen LogP contribution in [-0.4, -0.2) is 48.6 Å². The molecule has 1 heterocycles. The van der Waals surface area contributed by atoms with E-state index in [0.29, 0.717) is 0 Å². The molecular weight excluding hydrogens is 166 g/mol. The Balaban J connectivity index is 2.18. The Labute approximate surface area is 79.7 Å². The second kappa shape index (κ2) is 5.07. The first-order chi connectivity index (χ1) is 6.24. The number of nitrogens with two attached hydrogens (primary N) is 1. The van der Waals surface area contributed by atoms with Crippen molar-refractivity contribution in [1.82, 2.24) is 9.80 Å². The second-order valence-corrected chi connectivity index (χ2v) is 3.37. The Bertz CT molecular complexity index is 164. The predicted molar refractivity (Wildman–Crippen MR) is 52.2 cm³/mol. The van der Waals surface area contributed by atoms with Crippen molar-refractivity contribution in [2.45, 2.75) is 12.8 Å². The third kappa shape index (κ3) is 3.22. The first-order valence-electron chi connectivity index (χ1n) is 4.80. The van der Waals surface area contributed by atoms with E-state index in [4.69, 9.17) is 5.73 Å². The molecule has 0 aliphatic carbocycles. The van der Waals surface area contributed by atoms with Crippen molar-refractivity contribution >= 4 is 6.03 Å². The fourth-order valence-corrected chi connectivity index (χ4v) is 1.53. The molecule has 0 unspecified atom stereocenters. The average Bonchev–Trinajstić information content (AvgIpc) is 2.15. The van der Waals surface area contributed by atoms with Crippen LogP contribution in [0.4, 0.5) is 4.79 Å². The SMILES string of the molecule is [CH2]CCCN1CCN(C(N)=O)CC1. The number of hydrogen-bond donors (Lipinski definition) is 1. The molecule has 0 aromatic rings. The third-order valence-corrected chi connectivity index (χ3v) is 2.41. The molecule has 1 aliphatic rings. The number of rotatable bonds is 3. The number of amides is 2. The summed E-state index contributed by atoms with van der Waals surface area (Å²) < 4.78 is 0. The van der Waals surface area contributed by atoms with Crippen LogP contribution >= 0.6 is 0 Å². The van der Waals surface area contributed by atoms with Gasteiger partial charge in [-0.05, 0) is 13.0 Å². The summed E-state index contributed by atoms with van der Waals surface area (Å²) in [5, 5.41) is 0. The van der Waals surface area contributed by atoms with Gasteiger partial charge in [0.25, 0.3) is 0 Å². The molecule has 4 nitrogen and oxygen atoms in total. The van der Waals surface area contributed by atoms with E-state index in [9.17, 15) is 4.79 Å². The molecule has 1 rings (SSSR count). The number of urea groups is 1. The molecular formula is C9H18N3O. The van der Waals surface area contributed by atoms with E-state index in [2.05, 4.69) is 11.8 Å². The first-order valence-corrected chi connectivity index (χ1v) is 4.80. The van der Waals surface area contributed by atoms with Gasteiger partial charge in [0, 0.05) is 26.2 Å². The first kappa shape index (κ1) is 10.3. The molecule has 2 amide bonds. The van der Waals surface area contributed by atoms with Gasteiger partial charge in [-0.25, -0.2) is 4.79 Å². The van der Waals surface area contributed by atoms with Gasteiger partial charge in [-0.3, -0.25) is 4.90 Å². The van der Waals surface area contributed by atoms with Gasteiger partial charge in [0.05, 0.1) is 0 Å². The summed E-state index contributed by atoms with van der Waals surface area (Å²) in [6, 6.07) is -0.295. The van der Waals surface area contributed by atoms with E-state index < -0.39 is 0 Å². The summed E-state index contributed by atoms with van der Waals surface area (Å²) in [6.07, 6.45) is 2.12. The number of carbonyl (C=O) groups is 1. The van der Waals surface area contributed by atoms with Gasteiger partial charge >= 0.3 is 6.03 Å². The lowest BCUT2D eigenvalue weighted by atomic mass is 10.2. The largest absolute Gasteiger partial charge is 0.351 e. The Morgan fingerprint density at radius 1 is 1.31 bits per heavy atom. The van der Waals surface area contributed by atoms with E-state index in [0.717, 1.165) is 45.6 Å². The van der Waals surface area contributed by atoms with Crippen LogP contribution < -0.4 is 5.73 Å². The van der Waals surface area contributed by atoms with Crippen LogP contribution in [0.1, 0.15) is 12.8 Å². The fourth-order valence-electron chi connectivity index (χ4n) is 1.53. The zero-order chi connectivity index (χ0) is 9.68. The standard InChI is InChI=1S/C9H18N3O/c1-2-3-4-11-5-7-12(8-6-11)9(10)13/h1-8H2,(H2,10,13). The van der Waals surface area contributed by atoms with Gasteiger partial charge < -0.3 is 10.6 Å². The van der Waals surface area contributed by atoms with Gasteiger partial charge in [0.2, 0.25) is 0 Å². The van der Waals surface area contributed by atoms with Crippen molar-refractivity contribution < 1.29 is 4.79 Å². The minimum Gasteiger partial charge on any atom is -0.351 e. The number of unbranched alkanes of at least 4 members (excludes halogenated alkanes) is 1. The van der Waals surface area contributed by atoms with E-state index in [1.165, 1.54) is 0 Å². The number of nitrogens with zero attached hydrogens (tertiary/aromatic N) is 2. The zero-order valence-corrected chi connectivity index (χ0v) is 8.04. The Morgan fingerprint density at radius 3 is 2.38 bits per heavy atom. The van der Waals surface area contributed by atoms with Crippen LogP contribution in [-0.2, 0) is 0 Å². The van der Waals surface area contributed by atoms with Gasteiger partial charge in [-0.15, -0.1) is 0 Å². The van der Waals surface area contributed by atoms with Crippen LogP contribution in [0.2, 0.25) is 0 Å². The van der Waals surface area contributed by atoms with Gasteiger partial charge in [0.15, 0.2) is 0 Å². The molecule has 1 fully saturated rings. The van der Waals surface area contributed by atoms with Crippen LogP contribution in [0.5, 0.6) is 0 Å². The highest BCUT2D eigenvalue weighted by molar-refractivity contribution is 5.72. The van der Waals surface area contributed by atoms with Crippen LogP contribution in [0.15, 0.2) is 0 Å². The van der Waals surface area contributed by atoms with E-state index in [1.54, 1.807) is 4.90 Å². The van der Waals surface area contributed by atoms with Crippen LogP contribution in [0, 0.1) is 6.92 Å². The maximum absolute atomic E-state index is 10.8. The molecule has 13 heavy (non-hydrogen) atoms. The summed E-state index contributed by atoms with van der Waals surface area (Å²) in [6.45, 7) is 8.33. The Kier molecular flexibility index (Phi) is 4.02. The second-order valence-electron chi connectivity index (χ2n) is 3.37. The van der Waals surface area contributed by atoms with Gasteiger partial charge in [-0.1, -0.05) is 13.3 Å². The van der Waals surface area contributed by atoms with Gasteiger partial charge in [0.1, 0.15) is 0 Å². The molecule has 0 spiro atoms. The monoisotopic (exact) mass is 184 g/mol. The van der Waals surface area contributed by atoms with Gasteiger partial charge in [-0.2, -0.15) is 0 Å². The van der Waals surface area contributed by atoms with Crippen molar-refractivity contribution in [3.8, 4) is 0 Å². The van der Waals surface area contributed by atoms with Crippen molar-refractivity contribution in [2.75, 3.05) is 32.7 Å². The van der Waals surface area contributed by atoms with E-state index >= 15 is 0 Å². The maximum atomic E-state index is 10.8. The lowest BCUT2D eigenvalue weighted by molar-refractivity contribution is 0.144. The highest BCUT2D eigenvalue weighted by atomic mass is 16.2. The minimum atomic E-state index is -0.295. The van der Waals surface area contributed by atoms with Crippen molar-refractivity contribution in [3.05, 3.63) is 6.92 Å². The summed E-state index contributed by atoms with van der Waals surface area (Å²) in [7, 11) is 0. The Hall–Kier alpha value is -0.770. The molecule has 0 aromatic carbocycles. The van der Waals surface area contributed by atoms with Crippen molar-refractivity contribution in [2.24, 2.45) is 5.73 Å². The number of piperazine rings is 1. The molecule has 0 bridgehead atoms. The lowest BCUT2D eigenvalue weighted by Gasteiger charge is -2.33. The topological polar surface area (TPSA) is 49.6 Å². The zero-order valence-electron chi connectivity index (χ0n) is 8.04. The third-order valence-electron chi connectivity index (χ3n) is 2.41. The number of primary amides is 1. The van der Waals surface area contributed by atoms with Crippen LogP contribution in [0.3, 0.4) is 0 Å². The maximum Gasteiger partial charge on any atom is 0.314 e. The predicted octanol–water partition coefficient (Wildman–Crippen LogP) is 0.297. The molecule has 1 saturated heterocycles. The van der Waals surface area contributed by atoms with Crippen molar-refractivity contribution in [1.29, 1.82) is 0 Å². The highest BCUT2D eigenvalue weighted by Gasteiger charge is 2.17. The van der Waals surface area contributed by atoms with Crippen LogP contribution in [0.25, 0.3) is 0 Å². The Morgan fingerprint density at radius 2 is 1.92 bits per heavy atom. The average molecular weight is 184 g/mol. The fraction of sp³-hybridized carbons (Fsp3) is 0.778. The molecule has 0 aromatic heterocycles. The summed E-state index contributed by atoms with van der Waals surface area (Å²) in [4.78, 5) is 14.8. The smallest absolute Gasteiger partial charge is 0.314 e. The molecule has 0 atom stereocenters.